The second-order valence-electron chi connectivity index (χ2n) is 4.72. The smallest absolute Gasteiger partial charge is 0.240 e. The molecule has 0 bridgehead atoms. The van der Waals surface area contributed by atoms with Gasteiger partial charge in [0.15, 0.2) is 0 Å². The van der Waals surface area contributed by atoms with E-state index >= 15 is 0 Å². The van der Waals surface area contributed by atoms with Crippen molar-refractivity contribution in [3.8, 4) is 0 Å². The van der Waals surface area contributed by atoms with Crippen LogP contribution in [-0.4, -0.2) is 15.5 Å². The zero-order chi connectivity index (χ0) is 15.6. The van der Waals surface area contributed by atoms with E-state index in [-0.39, 0.29) is 16.4 Å². The Kier molecular flexibility index (Phi) is 4.15. The van der Waals surface area contributed by atoms with Crippen molar-refractivity contribution in [2.24, 2.45) is 5.14 Å². The first-order chi connectivity index (χ1) is 9.79. The molecule has 4 N–H and O–H groups in total. The van der Waals surface area contributed by atoms with Crippen LogP contribution in [0, 0.1) is 5.82 Å². The highest BCUT2D eigenvalue weighted by molar-refractivity contribution is 7.89. The van der Waals surface area contributed by atoms with E-state index in [0.717, 1.165) is 5.56 Å². The lowest BCUT2D eigenvalue weighted by atomic mass is 10.2. The summed E-state index contributed by atoms with van der Waals surface area (Å²) in [5.41, 5.74) is 7.41. The topological polar surface area (TPSA) is 89.4 Å². The fourth-order valence-corrected chi connectivity index (χ4v) is 2.74. The van der Waals surface area contributed by atoms with Gasteiger partial charge in [0.25, 0.3) is 0 Å². The highest BCUT2D eigenvalue weighted by Crippen LogP contribution is 2.29. The first kappa shape index (κ1) is 15.3. The molecule has 0 radical (unpaired) electrons. The van der Waals surface area contributed by atoms with Crippen molar-refractivity contribution in [3.63, 3.8) is 0 Å². The zero-order valence-electron chi connectivity index (χ0n) is 11.5. The number of hydrogen-bond donors (Lipinski definition) is 2. The lowest BCUT2D eigenvalue weighted by molar-refractivity contribution is 0.598. The maximum Gasteiger partial charge on any atom is 0.240 e. The molecule has 0 spiro atoms. The minimum Gasteiger partial charge on any atom is -0.396 e. The van der Waals surface area contributed by atoms with E-state index in [1.807, 2.05) is 0 Å². The number of halogens is 1. The van der Waals surface area contributed by atoms with E-state index in [4.69, 9.17) is 10.9 Å². The van der Waals surface area contributed by atoms with E-state index in [2.05, 4.69) is 0 Å². The molecule has 0 heterocycles. The number of nitrogens with zero attached hydrogens (tertiary/aromatic N) is 1. The first-order valence-corrected chi connectivity index (χ1v) is 7.70. The average molecular weight is 309 g/mol. The normalized spacial score (nSPS) is 11.4. The van der Waals surface area contributed by atoms with E-state index in [1.54, 1.807) is 36.2 Å². The Morgan fingerprint density at radius 1 is 1.14 bits per heavy atom. The molecule has 2 rings (SSSR count). The van der Waals surface area contributed by atoms with E-state index in [9.17, 15) is 12.8 Å². The van der Waals surface area contributed by atoms with Gasteiger partial charge in [-0.25, -0.2) is 17.9 Å². The van der Waals surface area contributed by atoms with Crippen molar-refractivity contribution >= 4 is 21.4 Å². The summed E-state index contributed by atoms with van der Waals surface area (Å²) in [6.45, 7) is 0.457. The van der Waals surface area contributed by atoms with Crippen LogP contribution in [0.5, 0.6) is 0 Å². The molecule has 2 aromatic rings. The average Bonchev–Trinajstić information content (AvgIpc) is 2.40. The fourth-order valence-electron chi connectivity index (χ4n) is 2.06. The number of hydrogen-bond acceptors (Lipinski definition) is 4. The maximum atomic E-state index is 12.9. The van der Waals surface area contributed by atoms with Gasteiger partial charge >= 0.3 is 0 Å². The van der Waals surface area contributed by atoms with Crippen molar-refractivity contribution in [3.05, 3.63) is 53.8 Å². The van der Waals surface area contributed by atoms with Gasteiger partial charge < -0.3 is 10.6 Å². The molecule has 21 heavy (non-hydrogen) atoms. The monoisotopic (exact) mass is 309 g/mol. The SMILES string of the molecule is CN(Cc1ccc(F)cc1)c1cccc(S(N)(=O)=O)c1N. The van der Waals surface area contributed by atoms with Gasteiger partial charge in [-0.05, 0) is 29.8 Å². The third kappa shape index (κ3) is 3.50. The maximum absolute atomic E-state index is 12.9. The predicted octanol–water partition coefficient (Wildman–Crippen LogP) is 1.69. The van der Waals surface area contributed by atoms with E-state index in [0.29, 0.717) is 12.2 Å². The van der Waals surface area contributed by atoms with Crippen molar-refractivity contribution in [1.82, 2.24) is 0 Å². The Labute approximate surface area is 123 Å². The molecule has 0 amide bonds. The lowest BCUT2D eigenvalue weighted by Crippen LogP contribution is -2.20. The van der Waals surface area contributed by atoms with Crippen LogP contribution < -0.4 is 15.8 Å². The van der Waals surface area contributed by atoms with Crippen molar-refractivity contribution in [2.45, 2.75) is 11.4 Å². The van der Waals surface area contributed by atoms with E-state index < -0.39 is 10.0 Å². The first-order valence-electron chi connectivity index (χ1n) is 6.16. The number of sulfonamides is 1. The summed E-state index contributed by atoms with van der Waals surface area (Å²) in [4.78, 5) is 1.67. The molecule has 0 aliphatic heterocycles. The third-order valence-electron chi connectivity index (χ3n) is 3.09. The Hall–Kier alpha value is -2.12. The number of rotatable bonds is 4. The molecular formula is C14H16FN3O2S. The summed E-state index contributed by atoms with van der Waals surface area (Å²) in [7, 11) is -2.10. The summed E-state index contributed by atoms with van der Waals surface area (Å²) >= 11 is 0. The molecule has 112 valence electrons. The number of para-hydroxylation sites is 1. The second-order valence-corrected chi connectivity index (χ2v) is 6.25. The third-order valence-corrected chi connectivity index (χ3v) is 4.06. The summed E-state index contributed by atoms with van der Waals surface area (Å²) in [6, 6.07) is 10.7. The molecule has 7 heteroatoms. The van der Waals surface area contributed by atoms with Gasteiger partial charge in [0, 0.05) is 13.6 Å². The Bertz CT molecular complexity index is 745. The highest BCUT2D eigenvalue weighted by atomic mass is 32.2. The zero-order valence-corrected chi connectivity index (χ0v) is 12.3. The Balaban J connectivity index is 2.31. The number of nitrogen functional groups attached to an aromatic ring is 1. The molecule has 2 aromatic carbocycles. The van der Waals surface area contributed by atoms with Gasteiger partial charge in [-0.15, -0.1) is 0 Å². The van der Waals surface area contributed by atoms with Crippen LogP contribution in [0.1, 0.15) is 5.56 Å². The lowest BCUT2D eigenvalue weighted by Gasteiger charge is -2.22. The van der Waals surface area contributed by atoms with Crippen LogP contribution in [0.15, 0.2) is 47.4 Å². The molecule has 0 aliphatic carbocycles. The van der Waals surface area contributed by atoms with Gasteiger partial charge in [0.2, 0.25) is 10.0 Å². The quantitative estimate of drug-likeness (QED) is 0.841. The van der Waals surface area contributed by atoms with Crippen molar-refractivity contribution in [2.75, 3.05) is 17.7 Å². The van der Waals surface area contributed by atoms with Gasteiger partial charge in [-0.3, -0.25) is 0 Å². The second kappa shape index (κ2) is 5.71. The van der Waals surface area contributed by atoms with Gasteiger partial charge in [-0.2, -0.15) is 0 Å². The van der Waals surface area contributed by atoms with Gasteiger partial charge in [-0.1, -0.05) is 18.2 Å². The fraction of sp³-hybridized carbons (Fsp3) is 0.143. The molecule has 0 unspecified atom stereocenters. The molecule has 0 aliphatic rings. The van der Waals surface area contributed by atoms with Crippen LogP contribution in [0.4, 0.5) is 15.8 Å². The number of anilines is 2. The molecular weight excluding hydrogens is 293 g/mol. The summed E-state index contributed by atoms with van der Waals surface area (Å²) in [6.07, 6.45) is 0. The minimum absolute atomic E-state index is 0.101. The largest absolute Gasteiger partial charge is 0.396 e. The Morgan fingerprint density at radius 2 is 1.76 bits per heavy atom. The van der Waals surface area contributed by atoms with Crippen LogP contribution >= 0.6 is 0 Å². The van der Waals surface area contributed by atoms with Crippen LogP contribution in [-0.2, 0) is 16.6 Å². The number of primary sulfonamides is 1. The van der Waals surface area contributed by atoms with Crippen LogP contribution in [0.3, 0.4) is 0 Å². The van der Waals surface area contributed by atoms with Crippen LogP contribution in [0.2, 0.25) is 0 Å². The van der Waals surface area contributed by atoms with Gasteiger partial charge in [0.05, 0.1) is 11.4 Å². The predicted molar refractivity (Wildman–Crippen MR) is 80.7 cm³/mol. The van der Waals surface area contributed by atoms with Gasteiger partial charge in [0.1, 0.15) is 10.7 Å². The molecule has 0 fully saturated rings. The summed E-state index contributed by atoms with van der Waals surface area (Å²) in [5, 5.41) is 5.13. The molecule has 5 nitrogen and oxygen atoms in total. The molecule has 0 saturated heterocycles. The standard InChI is InChI=1S/C14H16FN3O2S/c1-18(9-10-5-7-11(15)8-6-10)12-3-2-4-13(14(12)16)21(17,19)20/h2-8H,9,16H2,1H3,(H2,17,19,20). The molecule has 0 aromatic heterocycles. The summed E-state index contributed by atoms with van der Waals surface area (Å²) < 4.78 is 35.8. The number of benzene rings is 2. The summed E-state index contributed by atoms with van der Waals surface area (Å²) in [5.74, 6) is -0.308. The highest BCUT2D eigenvalue weighted by Gasteiger charge is 2.16. The van der Waals surface area contributed by atoms with Crippen molar-refractivity contribution in [1.29, 1.82) is 0 Å². The van der Waals surface area contributed by atoms with Crippen LogP contribution in [0.25, 0.3) is 0 Å². The molecule has 0 saturated carbocycles. The minimum atomic E-state index is -3.87. The van der Waals surface area contributed by atoms with E-state index in [1.165, 1.54) is 18.2 Å². The van der Waals surface area contributed by atoms with Crippen molar-refractivity contribution < 1.29 is 12.8 Å². The molecule has 0 atom stereocenters. The number of nitrogens with two attached hydrogens (primary N) is 2. The Morgan fingerprint density at radius 3 is 2.33 bits per heavy atom.